The van der Waals surface area contributed by atoms with Gasteiger partial charge in [0.15, 0.2) is 11.6 Å². The number of aryl methyl sites for hydroxylation is 1. The molecule has 0 spiro atoms. The van der Waals surface area contributed by atoms with Crippen molar-refractivity contribution < 1.29 is 71.7 Å². The molecule has 0 aromatic heterocycles. The number of halogens is 2. The van der Waals surface area contributed by atoms with E-state index in [1.807, 2.05) is 0 Å². The second-order valence-electron chi connectivity index (χ2n) is 9.42. The molecule has 2 aliphatic carbocycles. The van der Waals surface area contributed by atoms with Crippen LogP contribution in [0.1, 0.15) is 89.0 Å². The van der Waals surface area contributed by atoms with Gasteiger partial charge in [-0.1, -0.05) is 57.4 Å². The van der Waals surface area contributed by atoms with Crippen molar-refractivity contribution in [3.05, 3.63) is 35.8 Å². The maximum Gasteiger partial charge on any atom is 1.00 e. The molecule has 4 rings (SSSR count). The van der Waals surface area contributed by atoms with E-state index in [2.05, 4.69) is 6.42 Å². The van der Waals surface area contributed by atoms with Gasteiger partial charge in [-0.15, -0.1) is 0 Å². The van der Waals surface area contributed by atoms with Crippen LogP contribution >= 0.6 is 0 Å². The Morgan fingerprint density at radius 3 is 2.21 bits per heavy atom. The summed E-state index contributed by atoms with van der Waals surface area (Å²) < 4.78 is 33.6. The van der Waals surface area contributed by atoms with Crippen LogP contribution in [0.3, 0.4) is 0 Å². The normalized spacial score (nSPS) is 27.6. The first kappa shape index (κ1) is 24.3. The standard InChI is InChI=1S/C25H35F2O.Rb/c26-22-16-14-21-15-17-23(28-25(21)24(22)27)20-12-10-19(11-13-20)9-5-4-8-18-6-2-1-3-7-18;/h1,14,16,18-20,23H,2-13,15,17H2;/q-1;+1. The molecule has 1 nitrogen and oxygen atoms in total. The molecular weight excluding hydrogens is 440 g/mol. The number of hydrogen-bond acceptors (Lipinski definition) is 1. The zero-order valence-corrected chi connectivity index (χ0v) is 23.0. The number of ether oxygens (including phenoxy) is 1. The first-order valence-electron chi connectivity index (χ1n) is 11.7. The maximum absolute atomic E-state index is 14.1. The predicted octanol–water partition coefficient (Wildman–Crippen LogP) is 4.42. The van der Waals surface area contributed by atoms with Gasteiger partial charge in [0.05, 0.1) is 0 Å². The molecule has 29 heavy (non-hydrogen) atoms. The van der Waals surface area contributed by atoms with Crippen molar-refractivity contribution in [1.82, 2.24) is 0 Å². The zero-order valence-electron chi connectivity index (χ0n) is 18.1. The van der Waals surface area contributed by atoms with Crippen LogP contribution in [-0.4, -0.2) is 6.10 Å². The Bertz CT molecular complexity index is 636. The number of fused-ring (bicyclic) bond motifs is 1. The summed E-state index contributed by atoms with van der Waals surface area (Å²) in [6.07, 6.45) is 20.3. The summed E-state index contributed by atoms with van der Waals surface area (Å²) >= 11 is 0. The summed E-state index contributed by atoms with van der Waals surface area (Å²) in [7, 11) is 0. The molecule has 3 aliphatic rings. The van der Waals surface area contributed by atoms with Gasteiger partial charge in [0.1, 0.15) is 6.10 Å². The molecule has 1 atom stereocenters. The number of benzene rings is 1. The van der Waals surface area contributed by atoms with E-state index in [1.165, 1.54) is 83.1 Å². The topological polar surface area (TPSA) is 9.23 Å². The molecule has 1 aliphatic heterocycles. The van der Waals surface area contributed by atoms with Gasteiger partial charge in [-0.05, 0) is 55.1 Å². The Kier molecular flexibility index (Phi) is 10.1. The Balaban J connectivity index is 0.00000240. The Hall–Kier alpha value is 0.685. The molecule has 0 N–H and O–H groups in total. The van der Waals surface area contributed by atoms with Crippen LogP contribution in [-0.2, 0) is 6.42 Å². The molecular formula is C25H35F2ORb. The molecule has 0 bridgehead atoms. The summed E-state index contributed by atoms with van der Waals surface area (Å²) in [6.45, 7) is 0. The quantitative estimate of drug-likeness (QED) is 0.438. The molecule has 1 unspecified atom stereocenters. The SMILES string of the molecule is Fc1ccc2c(c1F)OC(C1CCC(CCCCC3CC[CH-]CC3)CC1)CC2.[Rb+]. The van der Waals surface area contributed by atoms with Crippen molar-refractivity contribution in [1.29, 1.82) is 0 Å². The predicted molar refractivity (Wildman–Crippen MR) is 109 cm³/mol. The molecule has 4 heteroatoms. The number of unbranched alkanes of at least 4 members (excludes halogenated alkanes) is 1. The minimum absolute atomic E-state index is 0. The van der Waals surface area contributed by atoms with Crippen molar-refractivity contribution in [3.63, 3.8) is 0 Å². The van der Waals surface area contributed by atoms with Gasteiger partial charge >= 0.3 is 58.2 Å². The molecule has 0 amide bonds. The van der Waals surface area contributed by atoms with E-state index >= 15 is 0 Å². The maximum atomic E-state index is 14.1. The van der Waals surface area contributed by atoms with Crippen LogP contribution in [0.2, 0.25) is 0 Å². The summed E-state index contributed by atoms with van der Waals surface area (Å²) in [5, 5.41) is 0. The van der Waals surface area contributed by atoms with E-state index < -0.39 is 11.6 Å². The minimum Gasteiger partial charge on any atom is -0.487 e. The zero-order chi connectivity index (χ0) is 19.3. The van der Waals surface area contributed by atoms with Crippen molar-refractivity contribution in [2.45, 2.75) is 96.0 Å². The van der Waals surface area contributed by atoms with Crippen LogP contribution in [0.25, 0.3) is 0 Å². The van der Waals surface area contributed by atoms with Crippen LogP contribution < -0.4 is 62.9 Å². The fourth-order valence-electron chi connectivity index (χ4n) is 5.74. The summed E-state index contributed by atoms with van der Waals surface area (Å²) in [5.41, 5.74) is 0.819. The van der Waals surface area contributed by atoms with Gasteiger partial charge < -0.3 is 11.2 Å². The van der Waals surface area contributed by atoms with Crippen LogP contribution in [0.15, 0.2) is 12.1 Å². The van der Waals surface area contributed by atoms with Crippen molar-refractivity contribution >= 4 is 0 Å². The van der Waals surface area contributed by atoms with Gasteiger partial charge in [0.2, 0.25) is 5.82 Å². The van der Waals surface area contributed by atoms with E-state index in [1.54, 1.807) is 6.07 Å². The number of hydrogen-bond donors (Lipinski definition) is 0. The van der Waals surface area contributed by atoms with Crippen LogP contribution in [0.5, 0.6) is 5.75 Å². The second kappa shape index (κ2) is 12.1. The Labute approximate surface area is 224 Å². The van der Waals surface area contributed by atoms with Gasteiger partial charge in [-0.2, -0.15) is 17.2 Å². The van der Waals surface area contributed by atoms with E-state index in [0.717, 1.165) is 30.2 Å². The fourth-order valence-corrected chi connectivity index (χ4v) is 5.74. The first-order valence-corrected chi connectivity index (χ1v) is 11.7. The molecule has 0 saturated heterocycles. The summed E-state index contributed by atoms with van der Waals surface area (Å²) in [5.74, 6) is 0.934. The summed E-state index contributed by atoms with van der Waals surface area (Å²) in [6, 6.07) is 2.89. The largest absolute Gasteiger partial charge is 1.00 e. The van der Waals surface area contributed by atoms with Crippen molar-refractivity contribution in [3.8, 4) is 5.75 Å². The van der Waals surface area contributed by atoms with E-state index in [-0.39, 0.29) is 70.0 Å². The molecule has 2 saturated carbocycles. The van der Waals surface area contributed by atoms with Crippen molar-refractivity contribution in [2.75, 3.05) is 0 Å². The second-order valence-corrected chi connectivity index (χ2v) is 9.42. The molecule has 1 heterocycles. The average molecular weight is 475 g/mol. The number of rotatable bonds is 6. The molecule has 1 aromatic carbocycles. The third-order valence-electron chi connectivity index (χ3n) is 7.55. The minimum atomic E-state index is -0.799. The summed E-state index contributed by atoms with van der Waals surface area (Å²) in [4.78, 5) is 0. The van der Waals surface area contributed by atoms with Crippen LogP contribution in [0, 0.1) is 35.8 Å². The van der Waals surface area contributed by atoms with E-state index in [0.29, 0.717) is 5.92 Å². The molecule has 156 valence electrons. The Morgan fingerprint density at radius 2 is 1.52 bits per heavy atom. The van der Waals surface area contributed by atoms with E-state index in [4.69, 9.17) is 4.74 Å². The average Bonchev–Trinajstić information content (AvgIpc) is 2.75. The third kappa shape index (κ3) is 6.59. The van der Waals surface area contributed by atoms with Gasteiger partial charge in [0, 0.05) is 0 Å². The van der Waals surface area contributed by atoms with Gasteiger partial charge in [0.25, 0.3) is 0 Å². The molecule has 1 aromatic rings. The molecule has 0 radical (unpaired) electrons. The first-order chi connectivity index (χ1) is 13.7. The van der Waals surface area contributed by atoms with Gasteiger partial charge in [-0.3, -0.25) is 0 Å². The van der Waals surface area contributed by atoms with Gasteiger partial charge in [-0.25, -0.2) is 4.39 Å². The Morgan fingerprint density at radius 1 is 0.862 bits per heavy atom. The third-order valence-corrected chi connectivity index (χ3v) is 7.55. The molecule has 2 fully saturated rings. The van der Waals surface area contributed by atoms with E-state index in [9.17, 15) is 8.78 Å². The smallest absolute Gasteiger partial charge is 0.487 e. The monoisotopic (exact) mass is 474 g/mol. The van der Waals surface area contributed by atoms with Crippen molar-refractivity contribution in [2.24, 2.45) is 17.8 Å². The van der Waals surface area contributed by atoms with Crippen LogP contribution in [0.4, 0.5) is 8.78 Å². The fraction of sp³-hybridized carbons (Fsp3) is 0.720.